The number of hydrogen-bond acceptors (Lipinski definition) is 14. The van der Waals surface area contributed by atoms with Gasteiger partial charge in [-0.2, -0.15) is 0 Å². The van der Waals surface area contributed by atoms with E-state index in [-0.39, 0.29) is 82.8 Å². The van der Waals surface area contributed by atoms with E-state index >= 15 is 4.79 Å². The van der Waals surface area contributed by atoms with Gasteiger partial charge in [0.2, 0.25) is 5.91 Å². The lowest BCUT2D eigenvalue weighted by Crippen LogP contribution is -2.65. The highest BCUT2D eigenvalue weighted by Crippen LogP contribution is 2.65. The predicted octanol–water partition coefficient (Wildman–Crippen LogP) is 8.62. The Morgan fingerprint density at radius 2 is 1.79 bits per heavy atom. The van der Waals surface area contributed by atoms with Crippen LogP contribution in [0.15, 0.2) is 36.4 Å². The molecule has 2 bridgehead atoms. The third kappa shape index (κ3) is 10.9. The number of esters is 2. The number of benzene rings is 1. The molecule has 17 unspecified atom stereocenters. The van der Waals surface area contributed by atoms with Crippen molar-refractivity contribution in [3.05, 3.63) is 47.6 Å². The second-order valence-corrected chi connectivity index (χ2v) is 28.7. The van der Waals surface area contributed by atoms with Crippen molar-refractivity contribution in [3.8, 4) is 23.3 Å². The van der Waals surface area contributed by atoms with Gasteiger partial charge in [0.15, 0.2) is 11.5 Å². The number of carbonyl (C=O) groups is 3. The van der Waals surface area contributed by atoms with Crippen LogP contribution in [-0.4, -0.2) is 118 Å². The molecule has 1 spiro atoms. The summed E-state index contributed by atoms with van der Waals surface area (Å²) >= 11 is 0. The highest BCUT2D eigenvalue weighted by atomic mass is 33.1. The molecule has 7 N–H and O–H groups in total. The molecular formula is C62H87N3O10S2. The van der Waals surface area contributed by atoms with Gasteiger partial charge in [-0.25, -0.2) is 4.79 Å². The van der Waals surface area contributed by atoms with Crippen molar-refractivity contribution in [1.82, 2.24) is 16.0 Å². The van der Waals surface area contributed by atoms with Gasteiger partial charge in [-0.15, -0.1) is 5.92 Å². The molecule has 0 radical (unpaired) electrons. The standard InChI is InChI=1S/C62H87N3O10S2/c1-37-10-8-11-39(28-37)33-64-55-50-19-15-41(56(55)70)30-45-42(32-59(3,72)36-76-77-50)13-9-12-40-29-46-47(60(35-66)21-6-7-22-60)34-73-57-48(68)18-17-44(53(46)57)54(40)61(24-26-63-27-25-61)51(31-49(45)74-38(2)67)75-58(71)62-23-5-4-14-43(62)16-20-52(69)65-62/h8,11,15,17-19,37,39-43,45-47,49-51,54-56,63-64,66,68,70,72H,4-7,10,13-14,16,20-36H2,1-3H3,(H,65,69). The molecule has 0 aromatic heterocycles. The lowest BCUT2D eigenvalue weighted by Gasteiger charge is -2.56. The van der Waals surface area contributed by atoms with E-state index in [0.29, 0.717) is 101 Å². The summed E-state index contributed by atoms with van der Waals surface area (Å²) in [6.45, 7) is 8.12. The van der Waals surface area contributed by atoms with E-state index in [0.717, 1.165) is 75.5 Å². The molecule has 1 aromatic rings. The minimum atomic E-state index is -1.19. The zero-order valence-corrected chi connectivity index (χ0v) is 47.5. The van der Waals surface area contributed by atoms with Gasteiger partial charge in [0, 0.05) is 97.1 Å². The summed E-state index contributed by atoms with van der Waals surface area (Å²) in [7, 11) is 3.34. The van der Waals surface area contributed by atoms with Crippen LogP contribution in [-0.2, 0) is 23.9 Å². The molecule has 12 rings (SSSR count). The van der Waals surface area contributed by atoms with Crippen LogP contribution in [0.25, 0.3) is 0 Å². The first kappa shape index (κ1) is 55.7. The number of aromatic hydroxyl groups is 1. The molecule has 422 valence electrons. The number of aliphatic hydroxyl groups excluding tert-OH is 2. The van der Waals surface area contributed by atoms with Crippen molar-refractivity contribution >= 4 is 39.4 Å². The number of ether oxygens (including phenoxy) is 3. The summed E-state index contributed by atoms with van der Waals surface area (Å²) in [5, 5.41) is 59.1. The molecular weight excluding hydrogens is 1010 g/mol. The van der Waals surface area contributed by atoms with Crippen LogP contribution in [0.4, 0.5) is 0 Å². The molecule has 5 fully saturated rings. The predicted molar refractivity (Wildman–Crippen MR) is 300 cm³/mol. The Hall–Kier alpha value is -3.23. The Bertz CT molecular complexity index is 2460. The second kappa shape index (κ2) is 23.0. The topological polar surface area (TPSA) is 196 Å². The largest absolute Gasteiger partial charge is 0.504 e. The molecule has 1 amide bonds. The molecule has 5 heterocycles. The maximum atomic E-state index is 15.9. The number of piperidine rings is 2. The lowest BCUT2D eigenvalue weighted by atomic mass is 9.51. The first-order valence-corrected chi connectivity index (χ1v) is 32.3. The van der Waals surface area contributed by atoms with Gasteiger partial charge >= 0.3 is 11.9 Å². The summed E-state index contributed by atoms with van der Waals surface area (Å²) in [6.07, 6.45) is 19.9. The molecule has 77 heavy (non-hydrogen) atoms. The number of nitrogens with one attached hydrogen (secondary N) is 3. The molecule has 17 atom stereocenters. The summed E-state index contributed by atoms with van der Waals surface area (Å²) in [5.74, 6) is 6.98. The first-order valence-electron chi connectivity index (χ1n) is 29.9. The summed E-state index contributed by atoms with van der Waals surface area (Å²) < 4.78 is 20.9. The quantitative estimate of drug-likeness (QED) is 0.0566. The van der Waals surface area contributed by atoms with Crippen molar-refractivity contribution in [3.63, 3.8) is 0 Å². The Kier molecular flexibility index (Phi) is 16.6. The molecule has 5 aliphatic heterocycles. The zero-order valence-electron chi connectivity index (χ0n) is 45.9. The van der Waals surface area contributed by atoms with E-state index in [2.05, 4.69) is 65.1 Å². The molecule has 11 aliphatic rings. The van der Waals surface area contributed by atoms with E-state index in [4.69, 9.17) is 14.2 Å². The Labute approximate surface area is 465 Å². The van der Waals surface area contributed by atoms with Gasteiger partial charge in [-0.3, -0.25) is 9.59 Å². The number of aliphatic hydroxyl groups is 3. The number of phenols is 1. The molecule has 3 saturated heterocycles. The van der Waals surface area contributed by atoms with Gasteiger partial charge in [-0.1, -0.05) is 90.5 Å². The van der Waals surface area contributed by atoms with E-state index in [9.17, 15) is 30.0 Å². The number of allylic oxidation sites excluding steroid dienone is 1. The van der Waals surface area contributed by atoms with E-state index < -0.39 is 52.7 Å². The number of carbonyl (C=O) groups excluding carboxylic acids is 3. The van der Waals surface area contributed by atoms with Crippen LogP contribution in [0.5, 0.6) is 11.5 Å². The third-order valence-corrected chi connectivity index (χ3v) is 24.2. The smallest absolute Gasteiger partial charge is 0.332 e. The first-order chi connectivity index (χ1) is 37.1. The SMILES string of the molecule is CC(=O)OC1CC(OC(=O)C23CCCCC2CCC(=O)N3)C2(CCNCC2)C2c3ccc(O)c4c3C(CC2C#CCC2CC(C)(O)CSSC3C=CC(CC21)C(O)C3NCC1C=CCC(C)C1)C(C1(CO)CCCC1)CO4. The highest BCUT2D eigenvalue weighted by Gasteiger charge is 2.61. The van der Waals surface area contributed by atoms with Crippen molar-refractivity contribution in [2.45, 2.75) is 195 Å². The lowest BCUT2D eigenvalue weighted by molar-refractivity contribution is -0.183. The maximum absolute atomic E-state index is 15.9. The highest BCUT2D eigenvalue weighted by molar-refractivity contribution is 8.77. The average molecular weight is 1100 g/mol. The zero-order chi connectivity index (χ0) is 53.7. The van der Waals surface area contributed by atoms with Gasteiger partial charge in [0.1, 0.15) is 17.7 Å². The number of rotatable bonds is 8. The summed E-state index contributed by atoms with van der Waals surface area (Å²) in [6, 6.07) is 3.55. The van der Waals surface area contributed by atoms with Gasteiger partial charge in [0.05, 0.1) is 23.6 Å². The van der Waals surface area contributed by atoms with Crippen LogP contribution in [0.3, 0.4) is 0 Å². The Morgan fingerprint density at radius 1 is 0.987 bits per heavy atom. The summed E-state index contributed by atoms with van der Waals surface area (Å²) in [4.78, 5) is 43.3. The number of fused-ring (bicyclic) bond motifs is 9. The molecule has 6 aliphatic carbocycles. The van der Waals surface area contributed by atoms with E-state index in [1.54, 1.807) is 27.7 Å². The minimum Gasteiger partial charge on any atom is -0.504 e. The second-order valence-electron chi connectivity index (χ2n) is 26.2. The number of amides is 1. The molecule has 1 aromatic carbocycles. The summed E-state index contributed by atoms with van der Waals surface area (Å²) in [5.41, 5.74) is -1.43. The normalized spacial score (nSPS) is 41.2. The van der Waals surface area contributed by atoms with Gasteiger partial charge in [0.25, 0.3) is 0 Å². The van der Waals surface area contributed by atoms with Crippen molar-refractivity contribution in [2.75, 3.05) is 38.6 Å². The van der Waals surface area contributed by atoms with Crippen molar-refractivity contribution in [1.29, 1.82) is 0 Å². The number of hydrogen-bond donors (Lipinski definition) is 7. The van der Waals surface area contributed by atoms with Crippen LogP contribution < -0.4 is 20.7 Å². The average Bonchev–Trinajstić information content (AvgIpc) is 4.02. The van der Waals surface area contributed by atoms with E-state index in [1.807, 2.05) is 6.92 Å². The van der Waals surface area contributed by atoms with Crippen LogP contribution in [0.2, 0.25) is 0 Å². The van der Waals surface area contributed by atoms with Crippen LogP contribution in [0.1, 0.15) is 166 Å². The number of phenolic OH excluding ortho intramolecular Hbond substituents is 1. The minimum absolute atomic E-state index is 0.0103. The maximum Gasteiger partial charge on any atom is 0.332 e. The third-order valence-electron chi connectivity index (χ3n) is 21.3. The molecule has 15 heteroatoms. The fourth-order valence-corrected chi connectivity index (χ4v) is 20.6. The van der Waals surface area contributed by atoms with E-state index in [1.165, 1.54) is 6.92 Å². The fraction of sp³-hybridized carbons (Fsp3) is 0.758. The van der Waals surface area contributed by atoms with Crippen LogP contribution >= 0.6 is 21.6 Å². The fourth-order valence-electron chi connectivity index (χ4n) is 17.5. The van der Waals surface area contributed by atoms with Crippen LogP contribution in [0, 0.1) is 70.0 Å². The van der Waals surface area contributed by atoms with Gasteiger partial charge in [-0.05, 0) is 138 Å². The van der Waals surface area contributed by atoms with Crippen molar-refractivity contribution in [2.24, 2.45) is 58.2 Å². The van der Waals surface area contributed by atoms with Crippen molar-refractivity contribution < 1.29 is 49.0 Å². The van der Waals surface area contributed by atoms with Gasteiger partial charge < -0.3 is 50.6 Å². The molecule has 2 saturated carbocycles. The Balaban J connectivity index is 1.07. The molecule has 13 nitrogen and oxygen atoms in total. The Morgan fingerprint density at radius 3 is 2.57 bits per heavy atom. The monoisotopic (exact) mass is 1100 g/mol.